The summed E-state index contributed by atoms with van der Waals surface area (Å²) in [4.78, 5) is 0. The smallest absolute Gasteiger partial charge is 0.105 e. The van der Waals surface area contributed by atoms with Crippen LogP contribution in [0.4, 0.5) is 0 Å². The van der Waals surface area contributed by atoms with Crippen molar-refractivity contribution < 1.29 is 4.42 Å². The highest BCUT2D eigenvalue weighted by molar-refractivity contribution is 5.02. The lowest BCUT2D eigenvalue weighted by atomic mass is 9.92. The van der Waals surface area contributed by atoms with Crippen LogP contribution in [0, 0.1) is 11.8 Å². The van der Waals surface area contributed by atoms with Gasteiger partial charge in [-0.3, -0.25) is 0 Å². The minimum Gasteiger partial charge on any atom is -0.469 e. The second-order valence-electron chi connectivity index (χ2n) is 5.69. The van der Waals surface area contributed by atoms with Crippen molar-refractivity contribution in [3.05, 3.63) is 24.2 Å². The SMILES string of the molecule is CCCNC(Cc1ccco1)C1CCC(CC)C1. The van der Waals surface area contributed by atoms with Crippen LogP contribution in [0.25, 0.3) is 0 Å². The zero-order chi connectivity index (χ0) is 12.8. The maximum absolute atomic E-state index is 5.52. The van der Waals surface area contributed by atoms with Gasteiger partial charge in [-0.1, -0.05) is 26.7 Å². The highest BCUT2D eigenvalue weighted by Gasteiger charge is 2.30. The number of hydrogen-bond donors (Lipinski definition) is 1. The minimum atomic E-state index is 0.604. The van der Waals surface area contributed by atoms with Gasteiger partial charge in [0.15, 0.2) is 0 Å². The molecule has 1 aromatic rings. The predicted octanol–water partition coefficient (Wildman–Crippen LogP) is 4.02. The average molecular weight is 249 g/mol. The van der Waals surface area contributed by atoms with Crippen LogP contribution >= 0.6 is 0 Å². The molecular weight excluding hydrogens is 222 g/mol. The Morgan fingerprint density at radius 2 is 2.28 bits per heavy atom. The second-order valence-corrected chi connectivity index (χ2v) is 5.69. The molecule has 0 radical (unpaired) electrons. The molecular formula is C16H27NO. The van der Waals surface area contributed by atoms with Gasteiger partial charge >= 0.3 is 0 Å². The highest BCUT2D eigenvalue weighted by atomic mass is 16.3. The van der Waals surface area contributed by atoms with Crippen molar-refractivity contribution in [2.24, 2.45) is 11.8 Å². The van der Waals surface area contributed by atoms with Crippen LogP contribution in [-0.4, -0.2) is 12.6 Å². The normalized spacial score (nSPS) is 25.4. The lowest BCUT2D eigenvalue weighted by Crippen LogP contribution is -2.37. The Bertz CT molecular complexity index is 320. The summed E-state index contributed by atoms with van der Waals surface area (Å²) in [6, 6.07) is 4.70. The van der Waals surface area contributed by atoms with Crippen molar-refractivity contribution in [2.45, 2.75) is 58.4 Å². The van der Waals surface area contributed by atoms with Crippen molar-refractivity contribution in [2.75, 3.05) is 6.54 Å². The topological polar surface area (TPSA) is 25.2 Å². The highest BCUT2D eigenvalue weighted by Crippen LogP contribution is 2.35. The van der Waals surface area contributed by atoms with Crippen LogP contribution in [0.1, 0.15) is 51.7 Å². The van der Waals surface area contributed by atoms with E-state index in [9.17, 15) is 0 Å². The van der Waals surface area contributed by atoms with Gasteiger partial charge in [0.25, 0.3) is 0 Å². The molecule has 1 saturated carbocycles. The second kappa shape index (κ2) is 6.98. The number of nitrogens with one attached hydrogen (secondary N) is 1. The van der Waals surface area contributed by atoms with E-state index in [1.54, 1.807) is 6.26 Å². The molecule has 2 rings (SSSR count). The third-order valence-electron chi connectivity index (χ3n) is 4.39. The summed E-state index contributed by atoms with van der Waals surface area (Å²) in [6.07, 6.45) is 9.60. The van der Waals surface area contributed by atoms with Crippen molar-refractivity contribution in [3.63, 3.8) is 0 Å². The molecule has 1 fully saturated rings. The summed E-state index contributed by atoms with van der Waals surface area (Å²) in [6.45, 7) is 5.69. The van der Waals surface area contributed by atoms with E-state index < -0.39 is 0 Å². The van der Waals surface area contributed by atoms with Crippen LogP contribution in [0.3, 0.4) is 0 Å². The van der Waals surface area contributed by atoms with Gasteiger partial charge in [-0.25, -0.2) is 0 Å². The fourth-order valence-electron chi connectivity index (χ4n) is 3.23. The molecule has 3 atom stereocenters. The van der Waals surface area contributed by atoms with Gasteiger partial charge in [0, 0.05) is 12.5 Å². The summed E-state index contributed by atoms with van der Waals surface area (Å²) in [5, 5.41) is 3.73. The molecule has 1 aliphatic rings. The Hall–Kier alpha value is -0.760. The molecule has 0 aromatic carbocycles. The Morgan fingerprint density at radius 3 is 2.89 bits per heavy atom. The van der Waals surface area contributed by atoms with Crippen molar-refractivity contribution in [1.29, 1.82) is 0 Å². The minimum absolute atomic E-state index is 0.604. The number of rotatable bonds is 7. The molecule has 0 bridgehead atoms. The van der Waals surface area contributed by atoms with E-state index in [0.717, 1.165) is 30.6 Å². The Kier molecular flexibility index (Phi) is 5.30. The molecule has 2 heteroatoms. The average Bonchev–Trinajstić information content (AvgIpc) is 3.05. The molecule has 0 spiro atoms. The fraction of sp³-hybridized carbons (Fsp3) is 0.750. The third kappa shape index (κ3) is 3.61. The first-order valence-electron chi connectivity index (χ1n) is 7.59. The van der Waals surface area contributed by atoms with Gasteiger partial charge in [0.05, 0.1) is 6.26 Å². The van der Waals surface area contributed by atoms with Crippen molar-refractivity contribution >= 4 is 0 Å². The van der Waals surface area contributed by atoms with Gasteiger partial charge in [-0.15, -0.1) is 0 Å². The van der Waals surface area contributed by atoms with Gasteiger partial charge < -0.3 is 9.73 Å². The Labute approximate surface area is 111 Å². The van der Waals surface area contributed by atoms with Crippen LogP contribution in [-0.2, 0) is 6.42 Å². The van der Waals surface area contributed by atoms with Gasteiger partial charge in [0.2, 0.25) is 0 Å². The molecule has 0 aliphatic heterocycles. The summed E-state index contributed by atoms with van der Waals surface area (Å²) in [5.74, 6) is 2.92. The Balaban J connectivity index is 1.92. The molecule has 18 heavy (non-hydrogen) atoms. The van der Waals surface area contributed by atoms with E-state index in [0.29, 0.717) is 6.04 Å². The van der Waals surface area contributed by atoms with Crippen LogP contribution in [0.2, 0.25) is 0 Å². The van der Waals surface area contributed by atoms with E-state index in [4.69, 9.17) is 4.42 Å². The number of hydrogen-bond acceptors (Lipinski definition) is 2. The fourth-order valence-corrected chi connectivity index (χ4v) is 3.23. The molecule has 1 aromatic heterocycles. The van der Waals surface area contributed by atoms with E-state index >= 15 is 0 Å². The van der Waals surface area contributed by atoms with Crippen LogP contribution in [0.5, 0.6) is 0 Å². The molecule has 2 nitrogen and oxygen atoms in total. The maximum atomic E-state index is 5.52. The van der Waals surface area contributed by atoms with Crippen molar-refractivity contribution in [1.82, 2.24) is 5.32 Å². The zero-order valence-electron chi connectivity index (χ0n) is 11.8. The number of furan rings is 1. The lowest BCUT2D eigenvalue weighted by Gasteiger charge is -2.24. The first-order chi connectivity index (χ1) is 8.83. The molecule has 1 aliphatic carbocycles. The van der Waals surface area contributed by atoms with E-state index in [-0.39, 0.29) is 0 Å². The van der Waals surface area contributed by atoms with Gasteiger partial charge in [0.1, 0.15) is 5.76 Å². The lowest BCUT2D eigenvalue weighted by molar-refractivity contribution is 0.326. The quantitative estimate of drug-likeness (QED) is 0.789. The molecule has 0 amide bonds. The van der Waals surface area contributed by atoms with E-state index in [2.05, 4.69) is 25.2 Å². The monoisotopic (exact) mass is 249 g/mol. The van der Waals surface area contributed by atoms with Crippen molar-refractivity contribution in [3.8, 4) is 0 Å². The molecule has 1 N–H and O–H groups in total. The summed E-state index contributed by atoms with van der Waals surface area (Å²) >= 11 is 0. The van der Waals surface area contributed by atoms with Crippen LogP contribution < -0.4 is 5.32 Å². The van der Waals surface area contributed by atoms with E-state index in [1.165, 1.54) is 32.1 Å². The largest absolute Gasteiger partial charge is 0.469 e. The standard InChI is InChI=1S/C16H27NO/c1-3-9-17-16(12-15-6-5-10-18-15)14-8-7-13(4-2)11-14/h5-6,10,13-14,16-17H,3-4,7-9,11-12H2,1-2H3. The summed E-state index contributed by atoms with van der Waals surface area (Å²) in [7, 11) is 0. The first kappa shape index (κ1) is 13.7. The van der Waals surface area contributed by atoms with Crippen LogP contribution in [0.15, 0.2) is 22.8 Å². The summed E-state index contributed by atoms with van der Waals surface area (Å²) < 4.78 is 5.52. The molecule has 1 heterocycles. The van der Waals surface area contributed by atoms with Gasteiger partial charge in [-0.05, 0) is 49.8 Å². The Morgan fingerprint density at radius 1 is 1.39 bits per heavy atom. The summed E-state index contributed by atoms with van der Waals surface area (Å²) in [5.41, 5.74) is 0. The van der Waals surface area contributed by atoms with E-state index in [1.807, 2.05) is 6.07 Å². The van der Waals surface area contributed by atoms with Gasteiger partial charge in [-0.2, -0.15) is 0 Å². The molecule has 102 valence electrons. The predicted molar refractivity (Wildman–Crippen MR) is 75.6 cm³/mol. The molecule has 3 unspecified atom stereocenters. The zero-order valence-corrected chi connectivity index (χ0v) is 11.8. The third-order valence-corrected chi connectivity index (χ3v) is 4.39. The molecule has 0 saturated heterocycles. The maximum Gasteiger partial charge on any atom is 0.105 e. The first-order valence-corrected chi connectivity index (χ1v) is 7.59.